The predicted octanol–water partition coefficient (Wildman–Crippen LogP) is 2.64. The summed E-state index contributed by atoms with van der Waals surface area (Å²) in [6.07, 6.45) is 8.05. The molecule has 0 aliphatic carbocycles. The van der Waals surface area contributed by atoms with Crippen molar-refractivity contribution in [2.75, 3.05) is 6.54 Å². The first-order valence-electron chi connectivity index (χ1n) is 5.80. The van der Waals surface area contributed by atoms with Gasteiger partial charge in [-0.3, -0.25) is 9.98 Å². The molecule has 0 aliphatic rings. The van der Waals surface area contributed by atoms with Crippen molar-refractivity contribution in [3.8, 4) is 0 Å². The number of aliphatic imine (C=N–C) groups is 1. The standard InChI is InChI=1S/C15H16N2O2/c1-3-13(15(18)19)8-7-12(2)10-16-11-14-6-4-5-9-17-14/h3-9,11H,2,10H2,1H3,(H,18,19). The molecule has 0 spiro atoms. The minimum Gasteiger partial charge on any atom is -0.478 e. The smallest absolute Gasteiger partial charge is 0.335 e. The van der Waals surface area contributed by atoms with E-state index in [1.165, 1.54) is 12.2 Å². The van der Waals surface area contributed by atoms with Crippen LogP contribution in [0.25, 0.3) is 0 Å². The maximum Gasteiger partial charge on any atom is 0.335 e. The molecule has 98 valence electrons. The van der Waals surface area contributed by atoms with E-state index in [9.17, 15) is 4.79 Å². The van der Waals surface area contributed by atoms with Crippen LogP contribution in [0.4, 0.5) is 0 Å². The van der Waals surface area contributed by atoms with E-state index in [-0.39, 0.29) is 5.57 Å². The molecule has 4 heteroatoms. The number of carbonyl (C=O) groups is 1. The van der Waals surface area contributed by atoms with Crippen molar-refractivity contribution in [1.29, 1.82) is 0 Å². The molecule has 0 aromatic carbocycles. The Balaban J connectivity index is 2.51. The van der Waals surface area contributed by atoms with E-state index in [4.69, 9.17) is 5.11 Å². The average Bonchev–Trinajstić information content (AvgIpc) is 2.40. The van der Waals surface area contributed by atoms with Crippen molar-refractivity contribution in [2.45, 2.75) is 6.92 Å². The Labute approximate surface area is 112 Å². The van der Waals surface area contributed by atoms with Gasteiger partial charge in [0.2, 0.25) is 0 Å². The number of aromatic nitrogens is 1. The molecule has 0 unspecified atom stereocenters. The van der Waals surface area contributed by atoms with Gasteiger partial charge in [-0.15, -0.1) is 0 Å². The van der Waals surface area contributed by atoms with Gasteiger partial charge >= 0.3 is 5.97 Å². The highest BCUT2D eigenvalue weighted by Crippen LogP contribution is 2.01. The number of carboxylic acid groups (broad SMARTS) is 1. The zero-order chi connectivity index (χ0) is 14.1. The lowest BCUT2D eigenvalue weighted by Gasteiger charge is -1.96. The lowest BCUT2D eigenvalue weighted by Crippen LogP contribution is -1.97. The average molecular weight is 256 g/mol. The van der Waals surface area contributed by atoms with E-state index in [1.54, 1.807) is 25.4 Å². The summed E-state index contributed by atoms with van der Waals surface area (Å²) in [6, 6.07) is 5.57. The van der Waals surface area contributed by atoms with Gasteiger partial charge in [-0.1, -0.05) is 24.8 Å². The van der Waals surface area contributed by atoms with E-state index in [0.717, 1.165) is 11.3 Å². The Morgan fingerprint density at radius 2 is 2.26 bits per heavy atom. The van der Waals surface area contributed by atoms with Crippen LogP contribution in [0.15, 0.2) is 65.3 Å². The largest absolute Gasteiger partial charge is 0.478 e. The normalized spacial score (nSPS) is 12.2. The van der Waals surface area contributed by atoms with Gasteiger partial charge in [0.25, 0.3) is 0 Å². The zero-order valence-electron chi connectivity index (χ0n) is 10.8. The van der Waals surface area contributed by atoms with Crippen LogP contribution in [0, 0.1) is 0 Å². The number of pyridine rings is 1. The molecule has 0 bridgehead atoms. The third-order valence-electron chi connectivity index (χ3n) is 2.26. The van der Waals surface area contributed by atoms with Crippen LogP contribution >= 0.6 is 0 Å². The van der Waals surface area contributed by atoms with Crippen molar-refractivity contribution >= 4 is 12.2 Å². The summed E-state index contributed by atoms with van der Waals surface area (Å²) in [5.74, 6) is -0.955. The molecule has 0 fully saturated rings. The van der Waals surface area contributed by atoms with Gasteiger partial charge in [0.1, 0.15) is 0 Å². The fourth-order valence-electron chi connectivity index (χ4n) is 1.26. The first-order chi connectivity index (χ1) is 9.13. The number of hydrogen-bond donors (Lipinski definition) is 1. The van der Waals surface area contributed by atoms with Crippen LogP contribution in [0.1, 0.15) is 12.6 Å². The predicted molar refractivity (Wildman–Crippen MR) is 76.4 cm³/mol. The number of rotatable bonds is 6. The van der Waals surface area contributed by atoms with Gasteiger partial charge < -0.3 is 5.11 Å². The molecule has 1 heterocycles. The summed E-state index contributed by atoms with van der Waals surface area (Å²) in [6.45, 7) is 5.89. The van der Waals surface area contributed by atoms with Gasteiger partial charge in [0, 0.05) is 12.4 Å². The molecule has 0 amide bonds. The number of hydrogen-bond acceptors (Lipinski definition) is 3. The highest BCUT2D eigenvalue weighted by atomic mass is 16.4. The summed E-state index contributed by atoms with van der Waals surface area (Å²) < 4.78 is 0. The number of nitrogens with zero attached hydrogens (tertiary/aromatic N) is 2. The maximum absolute atomic E-state index is 10.8. The molecule has 1 aromatic heterocycles. The molecule has 1 rings (SSSR count). The third-order valence-corrected chi connectivity index (χ3v) is 2.26. The Morgan fingerprint density at radius 1 is 1.47 bits per heavy atom. The molecule has 1 aromatic rings. The van der Waals surface area contributed by atoms with Gasteiger partial charge in [-0.25, -0.2) is 4.79 Å². The summed E-state index contributed by atoms with van der Waals surface area (Å²) in [5.41, 5.74) is 1.74. The molecule has 0 saturated carbocycles. The van der Waals surface area contributed by atoms with E-state index in [2.05, 4.69) is 16.6 Å². The fraction of sp³-hybridized carbons (Fsp3) is 0.133. The summed E-state index contributed by atoms with van der Waals surface area (Å²) in [7, 11) is 0. The first kappa shape index (κ1) is 14.6. The van der Waals surface area contributed by atoms with Crippen LogP contribution in [-0.2, 0) is 4.79 Å². The highest BCUT2D eigenvalue weighted by Gasteiger charge is 1.99. The molecule has 0 saturated heterocycles. The topological polar surface area (TPSA) is 62.5 Å². The second-order valence-electron chi connectivity index (χ2n) is 3.77. The van der Waals surface area contributed by atoms with Crippen molar-refractivity contribution in [2.24, 2.45) is 4.99 Å². The lowest BCUT2D eigenvalue weighted by molar-refractivity contribution is -0.132. The molecule has 0 aliphatic heterocycles. The van der Waals surface area contributed by atoms with Crippen LogP contribution in [-0.4, -0.2) is 28.8 Å². The van der Waals surface area contributed by atoms with Crippen LogP contribution < -0.4 is 0 Å². The first-order valence-corrected chi connectivity index (χ1v) is 5.80. The van der Waals surface area contributed by atoms with Crippen LogP contribution in [0.3, 0.4) is 0 Å². The van der Waals surface area contributed by atoms with Crippen LogP contribution in [0.2, 0.25) is 0 Å². The van der Waals surface area contributed by atoms with Gasteiger partial charge in [0.15, 0.2) is 0 Å². The number of carboxylic acids is 1. The second-order valence-corrected chi connectivity index (χ2v) is 3.77. The monoisotopic (exact) mass is 256 g/mol. The van der Waals surface area contributed by atoms with E-state index < -0.39 is 5.97 Å². The quantitative estimate of drug-likeness (QED) is 0.483. The summed E-state index contributed by atoms with van der Waals surface area (Å²) >= 11 is 0. The zero-order valence-corrected chi connectivity index (χ0v) is 10.8. The van der Waals surface area contributed by atoms with Crippen molar-refractivity contribution in [3.63, 3.8) is 0 Å². The fourth-order valence-corrected chi connectivity index (χ4v) is 1.26. The Morgan fingerprint density at radius 3 is 2.84 bits per heavy atom. The lowest BCUT2D eigenvalue weighted by atomic mass is 10.2. The van der Waals surface area contributed by atoms with Gasteiger partial charge in [0.05, 0.1) is 17.8 Å². The molecule has 19 heavy (non-hydrogen) atoms. The molecule has 1 N–H and O–H groups in total. The summed E-state index contributed by atoms with van der Waals surface area (Å²) in [5, 5.41) is 8.82. The minimum absolute atomic E-state index is 0.231. The maximum atomic E-state index is 10.8. The van der Waals surface area contributed by atoms with Crippen molar-refractivity contribution in [1.82, 2.24) is 4.98 Å². The molecule has 0 atom stereocenters. The number of allylic oxidation sites excluding steroid dienone is 1. The van der Waals surface area contributed by atoms with E-state index >= 15 is 0 Å². The Kier molecular flexibility index (Phi) is 5.95. The summed E-state index contributed by atoms with van der Waals surface area (Å²) in [4.78, 5) is 19.0. The van der Waals surface area contributed by atoms with E-state index in [1.807, 2.05) is 18.2 Å². The van der Waals surface area contributed by atoms with Crippen molar-refractivity contribution < 1.29 is 9.90 Å². The number of aliphatic carboxylic acids is 1. The third kappa shape index (κ3) is 5.59. The molecule has 4 nitrogen and oxygen atoms in total. The second kappa shape index (κ2) is 7.76. The van der Waals surface area contributed by atoms with Gasteiger partial charge in [-0.2, -0.15) is 0 Å². The highest BCUT2D eigenvalue weighted by molar-refractivity contribution is 5.89. The Hall–Kier alpha value is -2.49. The van der Waals surface area contributed by atoms with Gasteiger partial charge in [-0.05, 0) is 30.7 Å². The SMILES string of the molecule is C=C(C=CC(=CC)C(=O)O)CN=Cc1ccccn1. The van der Waals surface area contributed by atoms with Crippen LogP contribution in [0.5, 0.6) is 0 Å². The molecular formula is C15H16N2O2. The molecular weight excluding hydrogens is 240 g/mol. The molecule has 0 radical (unpaired) electrons. The minimum atomic E-state index is -0.955. The Bertz CT molecular complexity index is 528. The van der Waals surface area contributed by atoms with E-state index in [0.29, 0.717) is 6.54 Å². The van der Waals surface area contributed by atoms with Crippen molar-refractivity contribution in [3.05, 3.63) is 66.0 Å².